The normalized spacial score (nSPS) is 11.8. The quantitative estimate of drug-likeness (QED) is 0.182. The lowest BCUT2D eigenvalue weighted by molar-refractivity contribution is 1.06. The minimum absolute atomic E-state index is 0.729. The predicted octanol–water partition coefficient (Wildman–Crippen LogP) is 11.3. The number of benzene rings is 7. The summed E-state index contributed by atoms with van der Waals surface area (Å²) in [5.41, 5.74) is 13.1. The van der Waals surface area contributed by atoms with Crippen molar-refractivity contribution in [2.45, 2.75) is 0 Å². The maximum atomic E-state index is 4.95. The van der Waals surface area contributed by atoms with E-state index in [0.29, 0.717) is 0 Å². The highest BCUT2D eigenvalue weighted by Gasteiger charge is 2.18. The first-order chi connectivity index (χ1) is 26.3. The highest BCUT2D eigenvalue weighted by molar-refractivity contribution is 6.12. The maximum Gasteiger partial charge on any atom is 0.166 e. The van der Waals surface area contributed by atoms with Gasteiger partial charge in [-0.15, -0.1) is 0 Å². The zero-order valence-electron chi connectivity index (χ0n) is 28.5. The van der Waals surface area contributed by atoms with Gasteiger partial charge >= 0.3 is 0 Å². The molecule has 0 amide bonds. The van der Waals surface area contributed by atoms with Crippen LogP contribution < -0.4 is 0 Å². The number of rotatable bonds is 5. The van der Waals surface area contributed by atoms with Crippen molar-refractivity contribution in [3.8, 4) is 39.7 Å². The van der Waals surface area contributed by atoms with E-state index in [1.54, 1.807) is 18.6 Å². The van der Waals surface area contributed by atoms with Crippen LogP contribution in [-0.2, 0) is 0 Å². The van der Waals surface area contributed by atoms with Crippen LogP contribution in [0.3, 0.4) is 0 Å². The van der Waals surface area contributed by atoms with Crippen LogP contribution in [0.5, 0.6) is 0 Å². The van der Waals surface area contributed by atoms with Gasteiger partial charge in [0.2, 0.25) is 0 Å². The fourth-order valence-corrected chi connectivity index (χ4v) is 8.06. The van der Waals surface area contributed by atoms with E-state index in [4.69, 9.17) is 4.98 Å². The van der Waals surface area contributed by atoms with Crippen molar-refractivity contribution in [3.63, 3.8) is 0 Å². The second-order valence-corrected chi connectivity index (χ2v) is 13.4. The largest absolute Gasteiger partial charge is 0.309 e. The van der Waals surface area contributed by atoms with Crippen LogP contribution in [0.15, 0.2) is 182 Å². The molecule has 0 fully saturated rings. The van der Waals surface area contributed by atoms with E-state index in [1.807, 2.05) is 18.2 Å². The van der Waals surface area contributed by atoms with Crippen molar-refractivity contribution in [2.24, 2.45) is 0 Å². The van der Waals surface area contributed by atoms with E-state index >= 15 is 0 Å². The molecule has 11 rings (SSSR count). The van der Waals surface area contributed by atoms with Crippen molar-refractivity contribution in [2.75, 3.05) is 0 Å². The Bertz CT molecular complexity index is 3150. The maximum absolute atomic E-state index is 4.95. The molecule has 7 aromatic carbocycles. The van der Waals surface area contributed by atoms with Crippen LogP contribution in [-0.4, -0.2) is 28.7 Å². The van der Waals surface area contributed by atoms with Crippen LogP contribution in [0.2, 0.25) is 0 Å². The minimum Gasteiger partial charge on any atom is -0.309 e. The molecule has 6 heteroatoms. The first kappa shape index (κ1) is 29.4. The van der Waals surface area contributed by atoms with Crippen molar-refractivity contribution in [1.29, 1.82) is 0 Å². The smallest absolute Gasteiger partial charge is 0.166 e. The first-order valence-electron chi connectivity index (χ1n) is 17.8. The Balaban J connectivity index is 1.04. The Hall–Kier alpha value is -7.31. The minimum atomic E-state index is 0.729. The molecule has 0 saturated carbocycles. The molecule has 248 valence electrons. The van der Waals surface area contributed by atoms with E-state index in [1.165, 1.54) is 49.2 Å². The van der Waals surface area contributed by atoms with Gasteiger partial charge in [0.05, 0.1) is 39.3 Å². The summed E-state index contributed by atoms with van der Waals surface area (Å²) in [6.45, 7) is 0. The fraction of sp³-hybridized carbons (Fsp3) is 0. The predicted molar refractivity (Wildman–Crippen MR) is 216 cm³/mol. The van der Waals surface area contributed by atoms with E-state index in [2.05, 4.69) is 169 Å². The van der Waals surface area contributed by atoms with Crippen molar-refractivity contribution in [3.05, 3.63) is 182 Å². The monoisotopic (exact) mass is 678 g/mol. The molecule has 0 unspecified atom stereocenters. The van der Waals surface area contributed by atoms with Crippen molar-refractivity contribution >= 4 is 54.6 Å². The van der Waals surface area contributed by atoms with Gasteiger partial charge in [-0.3, -0.25) is 9.55 Å². The van der Waals surface area contributed by atoms with Crippen LogP contribution in [0.4, 0.5) is 0 Å². The topological polar surface area (TPSA) is 53.5 Å². The Morgan fingerprint density at radius 1 is 0.377 bits per heavy atom. The molecular formula is C47H30N6. The number of imidazole rings is 1. The third kappa shape index (κ3) is 4.56. The zero-order chi connectivity index (χ0) is 34.9. The number of para-hydroxylation sites is 5. The molecule has 11 aromatic rings. The van der Waals surface area contributed by atoms with Gasteiger partial charge in [-0.25, -0.2) is 9.97 Å². The van der Waals surface area contributed by atoms with Crippen LogP contribution in [0.25, 0.3) is 94.4 Å². The lowest BCUT2D eigenvalue weighted by Gasteiger charge is -2.12. The van der Waals surface area contributed by atoms with Gasteiger partial charge in [0.25, 0.3) is 0 Å². The van der Waals surface area contributed by atoms with Gasteiger partial charge in [0.15, 0.2) is 5.82 Å². The van der Waals surface area contributed by atoms with Gasteiger partial charge in [0.1, 0.15) is 5.69 Å². The Morgan fingerprint density at radius 2 is 0.887 bits per heavy atom. The summed E-state index contributed by atoms with van der Waals surface area (Å²) in [6, 6.07) is 58.7. The molecular weight excluding hydrogens is 649 g/mol. The van der Waals surface area contributed by atoms with Crippen LogP contribution >= 0.6 is 0 Å². The molecule has 0 saturated heterocycles. The van der Waals surface area contributed by atoms with Crippen LogP contribution in [0, 0.1) is 0 Å². The first-order valence-corrected chi connectivity index (χ1v) is 17.8. The Kier molecular flexibility index (Phi) is 6.45. The van der Waals surface area contributed by atoms with Crippen molar-refractivity contribution < 1.29 is 0 Å². The average molecular weight is 679 g/mol. The Labute approximate surface area is 304 Å². The Morgan fingerprint density at radius 3 is 1.49 bits per heavy atom. The van der Waals surface area contributed by atoms with Gasteiger partial charge in [-0.05, 0) is 96.1 Å². The third-order valence-electron chi connectivity index (χ3n) is 10.4. The molecule has 4 aromatic heterocycles. The standard InChI is InChI=1S/C47H30N6/c1-2-10-33(11-3-1)51-42-15-7-4-12-36(42)38-28-31(18-24-44(38)51)32-19-25-45-39(29-32)37-13-5-8-16-43(37)52(45)34-20-22-35(23-21-34)53-46-17-9-6-14-40(46)50-47(53)41-30-48-26-27-49-41/h1-30H. The molecule has 0 radical (unpaired) electrons. The summed E-state index contributed by atoms with van der Waals surface area (Å²) < 4.78 is 6.89. The van der Waals surface area contributed by atoms with E-state index in [9.17, 15) is 0 Å². The summed E-state index contributed by atoms with van der Waals surface area (Å²) >= 11 is 0. The number of hydrogen-bond acceptors (Lipinski definition) is 3. The molecule has 0 aliphatic rings. The summed E-state index contributed by atoms with van der Waals surface area (Å²) in [5, 5.41) is 4.94. The number of aromatic nitrogens is 6. The highest BCUT2D eigenvalue weighted by atomic mass is 15.1. The van der Waals surface area contributed by atoms with Crippen LogP contribution in [0.1, 0.15) is 0 Å². The van der Waals surface area contributed by atoms with Gasteiger partial charge in [-0.1, -0.05) is 78.9 Å². The summed E-state index contributed by atoms with van der Waals surface area (Å²) in [5.74, 6) is 0.763. The third-order valence-corrected chi connectivity index (χ3v) is 10.4. The zero-order valence-corrected chi connectivity index (χ0v) is 28.5. The average Bonchev–Trinajstić information content (AvgIpc) is 3.89. The SMILES string of the molecule is c1ccc(-n2c3ccccc3c3cc(-c4ccc5c(c4)c4ccccc4n5-c4ccc(-n5c(-c6cnccn6)nc6ccccc65)cc4)ccc32)cc1. The molecule has 53 heavy (non-hydrogen) atoms. The molecule has 0 aliphatic carbocycles. The molecule has 0 aliphatic heterocycles. The number of hydrogen-bond donors (Lipinski definition) is 0. The van der Waals surface area contributed by atoms with Gasteiger partial charge in [0, 0.05) is 51.0 Å². The molecule has 0 spiro atoms. The van der Waals surface area contributed by atoms with E-state index in [-0.39, 0.29) is 0 Å². The highest BCUT2D eigenvalue weighted by Crippen LogP contribution is 2.38. The number of nitrogens with zero attached hydrogens (tertiary/aromatic N) is 6. The number of fused-ring (bicyclic) bond motifs is 7. The lowest BCUT2D eigenvalue weighted by Crippen LogP contribution is -2.00. The van der Waals surface area contributed by atoms with Crippen molar-refractivity contribution in [1.82, 2.24) is 28.7 Å². The van der Waals surface area contributed by atoms with E-state index in [0.717, 1.165) is 45.1 Å². The van der Waals surface area contributed by atoms with Gasteiger partial charge in [-0.2, -0.15) is 0 Å². The second-order valence-electron chi connectivity index (χ2n) is 13.4. The molecule has 0 bridgehead atoms. The summed E-state index contributed by atoms with van der Waals surface area (Å²) in [4.78, 5) is 13.8. The van der Waals surface area contributed by atoms with E-state index < -0.39 is 0 Å². The fourth-order valence-electron chi connectivity index (χ4n) is 8.06. The second kappa shape index (κ2) is 11.6. The molecule has 4 heterocycles. The molecule has 0 N–H and O–H groups in total. The van der Waals surface area contributed by atoms with Gasteiger partial charge < -0.3 is 9.13 Å². The summed E-state index contributed by atoms with van der Waals surface area (Å²) in [6.07, 6.45) is 5.16. The lowest BCUT2D eigenvalue weighted by atomic mass is 10.0. The molecule has 6 nitrogen and oxygen atoms in total. The summed E-state index contributed by atoms with van der Waals surface area (Å²) in [7, 11) is 0. The molecule has 0 atom stereocenters.